The van der Waals surface area contributed by atoms with Crippen molar-refractivity contribution in [2.45, 2.75) is 39.2 Å². The van der Waals surface area contributed by atoms with Crippen LogP contribution in [-0.2, 0) is 11.2 Å². The van der Waals surface area contributed by atoms with Crippen LogP contribution in [-0.4, -0.2) is 11.8 Å². The highest BCUT2D eigenvalue weighted by molar-refractivity contribution is 5.81. The molecule has 2 unspecified atom stereocenters. The quantitative estimate of drug-likeness (QED) is 0.849. The van der Waals surface area contributed by atoms with Gasteiger partial charge in [0, 0.05) is 6.07 Å². The van der Waals surface area contributed by atoms with Crippen molar-refractivity contribution in [1.82, 2.24) is 0 Å². The fourth-order valence-corrected chi connectivity index (χ4v) is 1.84. The second kappa shape index (κ2) is 6.59. The number of halogens is 2. The minimum atomic E-state index is -0.567. The lowest BCUT2D eigenvalue weighted by Crippen LogP contribution is -2.30. The summed E-state index contributed by atoms with van der Waals surface area (Å²) in [6, 6.07) is 3.16. The fourth-order valence-electron chi connectivity index (χ4n) is 1.84. The summed E-state index contributed by atoms with van der Waals surface area (Å²) in [5.41, 5.74) is 6.16. The molecule has 0 spiro atoms. The molecule has 0 aliphatic rings. The maximum absolute atomic E-state index is 13.4. The van der Waals surface area contributed by atoms with Gasteiger partial charge in [0.05, 0.1) is 6.04 Å². The Morgan fingerprint density at radius 3 is 2.61 bits per heavy atom. The predicted octanol–water partition coefficient (Wildman–Crippen LogP) is 2.84. The summed E-state index contributed by atoms with van der Waals surface area (Å²) >= 11 is 0. The molecule has 0 aliphatic carbocycles. The van der Waals surface area contributed by atoms with Crippen LogP contribution >= 0.6 is 0 Å². The SMILES string of the molecule is CC(=O)C(N)CC(C)CCc1ccc(F)cc1F. The van der Waals surface area contributed by atoms with Gasteiger partial charge in [-0.2, -0.15) is 0 Å². The van der Waals surface area contributed by atoms with Crippen molar-refractivity contribution >= 4 is 5.78 Å². The number of rotatable bonds is 6. The van der Waals surface area contributed by atoms with Crippen molar-refractivity contribution in [1.29, 1.82) is 0 Å². The van der Waals surface area contributed by atoms with Gasteiger partial charge in [0.25, 0.3) is 0 Å². The lowest BCUT2D eigenvalue weighted by molar-refractivity contribution is -0.118. The number of hydrogen-bond donors (Lipinski definition) is 1. The highest BCUT2D eigenvalue weighted by atomic mass is 19.1. The number of hydrogen-bond acceptors (Lipinski definition) is 2. The summed E-state index contributed by atoms with van der Waals surface area (Å²) in [5, 5.41) is 0. The van der Waals surface area contributed by atoms with E-state index in [2.05, 4.69) is 0 Å². The first-order valence-corrected chi connectivity index (χ1v) is 6.10. The largest absolute Gasteiger partial charge is 0.322 e. The van der Waals surface area contributed by atoms with E-state index in [1.54, 1.807) is 0 Å². The first-order chi connectivity index (χ1) is 8.40. The van der Waals surface area contributed by atoms with Crippen molar-refractivity contribution in [3.05, 3.63) is 35.4 Å². The van der Waals surface area contributed by atoms with Gasteiger partial charge in [0.15, 0.2) is 0 Å². The molecule has 0 amide bonds. The second-order valence-corrected chi connectivity index (χ2v) is 4.83. The van der Waals surface area contributed by atoms with Gasteiger partial charge in [0.1, 0.15) is 17.4 Å². The molecule has 2 nitrogen and oxygen atoms in total. The van der Waals surface area contributed by atoms with Crippen molar-refractivity contribution in [2.75, 3.05) is 0 Å². The topological polar surface area (TPSA) is 43.1 Å². The molecular weight excluding hydrogens is 236 g/mol. The maximum Gasteiger partial charge on any atom is 0.146 e. The molecule has 1 rings (SSSR count). The zero-order valence-electron chi connectivity index (χ0n) is 10.7. The van der Waals surface area contributed by atoms with E-state index in [-0.39, 0.29) is 11.7 Å². The van der Waals surface area contributed by atoms with Crippen LogP contribution in [0.2, 0.25) is 0 Å². The Balaban J connectivity index is 2.47. The van der Waals surface area contributed by atoms with Crippen LogP contribution in [0.5, 0.6) is 0 Å². The Morgan fingerprint density at radius 2 is 2.06 bits per heavy atom. The standard InChI is InChI=1S/C14H19F2NO/c1-9(7-14(17)10(2)18)3-4-11-5-6-12(15)8-13(11)16/h5-6,8-9,14H,3-4,7,17H2,1-2H3. The normalized spacial score (nSPS) is 14.3. The third-order valence-corrected chi connectivity index (χ3v) is 3.10. The summed E-state index contributed by atoms with van der Waals surface area (Å²) < 4.78 is 26.1. The molecule has 0 radical (unpaired) electrons. The summed E-state index contributed by atoms with van der Waals surface area (Å²) in [7, 11) is 0. The van der Waals surface area contributed by atoms with Gasteiger partial charge < -0.3 is 5.73 Å². The molecule has 0 fully saturated rings. The van der Waals surface area contributed by atoms with Crippen molar-refractivity contribution in [2.24, 2.45) is 11.7 Å². The van der Waals surface area contributed by atoms with E-state index in [9.17, 15) is 13.6 Å². The lowest BCUT2D eigenvalue weighted by atomic mass is 9.93. The van der Waals surface area contributed by atoms with E-state index in [1.165, 1.54) is 19.1 Å². The minimum absolute atomic E-state index is 0.0326. The number of benzene rings is 1. The number of carbonyl (C=O) groups is 1. The lowest BCUT2D eigenvalue weighted by Gasteiger charge is -2.15. The summed E-state index contributed by atoms with van der Waals surface area (Å²) in [5.74, 6) is -0.885. The molecule has 1 aromatic carbocycles. The van der Waals surface area contributed by atoms with Crippen molar-refractivity contribution in [3.8, 4) is 0 Å². The van der Waals surface area contributed by atoms with Gasteiger partial charge in [-0.1, -0.05) is 13.0 Å². The van der Waals surface area contributed by atoms with Crippen LogP contribution in [0.3, 0.4) is 0 Å². The summed E-state index contributed by atoms with van der Waals surface area (Å²) in [6.45, 7) is 3.45. The summed E-state index contributed by atoms with van der Waals surface area (Å²) in [6.07, 6.45) is 1.85. The van der Waals surface area contributed by atoms with Gasteiger partial charge in [0.2, 0.25) is 0 Å². The van der Waals surface area contributed by atoms with Gasteiger partial charge in [-0.25, -0.2) is 8.78 Å². The van der Waals surface area contributed by atoms with Crippen LogP contribution in [0.4, 0.5) is 8.78 Å². The minimum Gasteiger partial charge on any atom is -0.322 e. The van der Waals surface area contributed by atoms with Gasteiger partial charge in [-0.05, 0) is 43.7 Å². The third kappa shape index (κ3) is 4.53. The molecule has 4 heteroatoms. The average Bonchev–Trinajstić information content (AvgIpc) is 2.27. The molecule has 2 atom stereocenters. The molecule has 0 aliphatic heterocycles. The molecule has 2 N–H and O–H groups in total. The number of nitrogens with two attached hydrogens (primary N) is 1. The molecule has 0 saturated heterocycles. The molecule has 0 saturated carbocycles. The number of Topliss-reactive ketones (excluding diaryl/α,β-unsaturated/α-hetero) is 1. The Hall–Kier alpha value is -1.29. The van der Waals surface area contributed by atoms with E-state index in [0.29, 0.717) is 18.4 Å². The number of carbonyl (C=O) groups excluding carboxylic acids is 1. The van der Waals surface area contributed by atoms with Crippen LogP contribution in [0.25, 0.3) is 0 Å². The highest BCUT2D eigenvalue weighted by Gasteiger charge is 2.13. The molecule has 0 heterocycles. The monoisotopic (exact) mass is 255 g/mol. The number of aryl methyl sites for hydroxylation is 1. The predicted molar refractivity (Wildman–Crippen MR) is 67.1 cm³/mol. The smallest absolute Gasteiger partial charge is 0.146 e. The van der Waals surface area contributed by atoms with Crippen molar-refractivity contribution < 1.29 is 13.6 Å². The zero-order valence-corrected chi connectivity index (χ0v) is 10.7. The van der Waals surface area contributed by atoms with E-state index < -0.39 is 17.7 Å². The molecule has 100 valence electrons. The zero-order chi connectivity index (χ0) is 13.7. The number of ketones is 1. The second-order valence-electron chi connectivity index (χ2n) is 4.83. The van der Waals surface area contributed by atoms with E-state index in [1.807, 2.05) is 6.92 Å². The van der Waals surface area contributed by atoms with Gasteiger partial charge in [-0.15, -0.1) is 0 Å². The van der Waals surface area contributed by atoms with Gasteiger partial charge >= 0.3 is 0 Å². The summed E-state index contributed by atoms with van der Waals surface area (Å²) in [4.78, 5) is 11.0. The first kappa shape index (κ1) is 14.8. The molecule has 18 heavy (non-hydrogen) atoms. The van der Waals surface area contributed by atoms with E-state index >= 15 is 0 Å². The fraction of sp³-hybridized carbons (Fsp3) is 0.500. The first-order valence-electron chi connectivity index (χ1n) is 6.10. The van der Waals surface area contributed by atoms with E-state index in [4.69, 9.17) is 5.73 Å². The van der Waals surface area contributed by atoms with E-state index in [0.717, 1.165) is 12.5 Å². The van der Waals surface area contributed by atoms with Crippen LogP contribution in [0.15, 0.2) is 18.2 Å². The molecule has 0 aromatic heterocycles. The molecular formula is C14H19F2NO. The Bertz CT molecular complexity index is 420. The third-order valence-electron chi connectivity index (χ3n) is 3.10. The van der Waals surface area contributed by atoms with Gasteiger partial charge in [-0.3, -0.25) is 4.79 Å². The van der Waals surface area contributed by atoms with Crippen LogP contribution in [0.1, 0.15) is 32.3 Å². The van der Waals surface area contributed by atoms with Crippen LogP contribution < -0.4 is 5.73 Å². The molecule has 0 bridgehead atoms. The maximum atomic E-state index is 13.4. The van der Waals surface area contributed by atoms with Crippen molar-refractivity contribution in [3.63, 3.8) is 0 Å². The van der Waals surface area contributed by atoms with Crippen LogP contribution in [0, 0.1) is 17.6 Å². The molecule has 1 aromatic rings. The Labute approximate surface area is 106 Å². The average molecular weight is 255 g/mol. The Morgan fingerprint density at radius 1 is 1.39 bits per heavy atom. The Kier molecular flexibility index (Phi) is 5.41. The highest BCUT2D eigenvalue weighted by Crippen LogP contribution is 2.17.